The minimum absolute atomic E-state index is 0.274. The van der Waals surface area contributed by atoms with Gasteiger partial charge in [-0.25, -0.2) is 0 Å². The number of benzene rings is 1. The van der Waals surface area contributed by atoms with Crippen LogP contribution in [0.5, 0.6) is 0 Å². The molecule has 1 aromatic rings. The van der Waals surface area contributed by atoms with Crippen LogP contribution in [0.15, 0.2) is 40.1 Å². The van der Waals surface area contributed by atoms with Gasteiger partial charge in [0.05, 0.1) is 0 Å². The van der Waals surface area contributed by atoms with Crippen molar-refractivity contribution in [2.45, 2.75) is 31.1 Å². The number of aryl methyl sites for hydroxylation is 1. The van der Waals surface area contributed by atoms with Gasteiger partial charge in [-0.2, -0.15) is 0 Å². The average molecular weight is 218 g/mol. The fourth-order valence-electron chi connectivity index (χ4n) is 1.60. The molecular formula is C13H14OS. The fraction of sp³-hybridized carbons (Fsp3) is 0.308. The number of thioether (sulfide) groups is 1. The molecule has 0 aliphatic heterocycles. The second-order valence-electron chi connectivity index (χ2n) is 3.85. The van der Waals surface area contributed by atoms with Crippen molar-refractivity contribution in [3.8, 4) is 0 Å². The highest BCUT2D eigenvalue weighted by Crippen LogP contribution is 2.32. The van der Waals surface area contributed by atoms with E-state index in [1.165, 1.54) is 15.4 Å². The normalized spacial score (nSPS) is 16.3. The van der Waals surface area contributed by atoms with E-state index in [9.17, 15) is 4.79 Å². The van der Waals surface area contributed by atoms with E-state index in [4.69, 9.17) is 0 Å². The molecule has 1 nitrogen and oxygen atoms in total. The summed E-state index contributed by atoms with van der Waals surface area (Å²) in [5.41, 5.74) is 1.27. The topological polar surface area (TPSA) is 17.1 Å². The van der Waals surface area contributed by atoms with Gasteiger partial charge in [-0.3, -0.25) is 4.79 Å². The number of ketones is 1. The summed E-state index contributed by atoms with van der Waals surface area (Å²) in [6.45, 7) is 2.08. The fourth-order valence-corrected chi connectivity index (χ4v) is 2.61. The van der Waals surface area contributed by atoms with Gasteiger partial charge in [0.2, 0.25) is 0 Å². The summed E-state index contributed by atoms with van der Waals surface area (Å²) in [6, 6.07) is 8.43. The molecule has 2 heteroatoms. The number of rotatable bonds is 2. The van der Waals surface area contributed by atoms with E-state index in [1.807, 2.05) is 0 Å². The SMILES string of the molecule is Cc1ccc(SC2=CC(=O)CCC2)cc1. The van der Waals surface area contributed by atoms with Crippen molar-refractivity contribution in [1.29, 1.82) is 0 Å². The zero-order valence-corrected chi connectivity index (χ0v) is 9.64. The van der Waals surface area contributed by atoms with Crippen LogP contribution < -0.4 is 0 Å². The quantitative estimate of drug-likeness (QED) is 0.752. The van der Waals surface area contributed by atoms with Gasteiger partial charge in [-0.15, -0.1) is 0 Å². The molecule has 0 saturated heterocycles. The minimum Gasteiger partial charge on any atom is -0.295 e. The second kappa shape index (κ2) is 4.67. The number of carbonyl (C=O) groups excluding carboxylic acids is 1. The van der Waals surface area contributed by atoms with Crippen LogP contribution in [-0.4, -0.2) is 5.78 Å². The predicted molar refractivity (Wildman–Crippen MR) is 64.0 cm³/mol. The summed E-state index contributed by atoms with van der Waals surface area (Å²) in [5, 5.41) is 0. The molecule has 0 radical (unpaired) electrons. The van der Waals surface area contributed by atoms with Crippen LogP contribution in [0.25, 0.3) is 0 Å². The molecule has 1 aliphatic rings. The van der Waals surface area contributed by atoms with Crippen LogP contribution >= 0.6 is 11.8 Å². The van der Waals surface area contributed by atoms with Crippen LogP contribution in [0.2, 0.25) is 0 Å². The highest BCUT2D eigenvalue weighted by atomic mass is 32.2. The molecule has 0 aromatic heterocycles. The molecule has 78 valence electrons. The zero-order chi connectivity index (χ0) is 10.7. The minimum atomic E-state index is 0.274. The lowest BCUT2D eigenvalue weighted by Crippen LogP contribution is -2.00. The van der Waals surface area contributed by atoms with Crippen LogP contribution in [0.4, 0.5) is 0 Å². The van der Waals surface area contributed by atoms with E-state index in [2.05, 4.69) is 31.2 Å². The maximum atomic E-state index is 11.2. The van der Waals surface area contributed by atoms with E-state index in [0.29, 0.717) is 0 Å². The van der Waals surface area contributed by atoms with Crippen LogP contribution in [0.1, 0.15) is 24.8 Å². The third-order valence-electron chi connectivity index (χ3n) is 2.44. The highest BCUT2D eigenvalue weighted by Gasteiger charge is 2.10. The number of allylic oxidation sites excluding steroid dienone is 2. The predicted octanol–water partition coefficient (Wildman–Crippen LogP) is 3.72. The van der Waals surface area contributed by atoms with E-state index >= 15 is 0 Å². The summed E-state index contributed by atoms with van der Waals surface area (Å²) in [6.07, 6.45) is 4.57. The Bertz CT molecular complexity index is 390. The van der Waals surface area contributed by atoms with Gasteiger partial charge in [0, 0.05) is 11.3 Å². The molecular weight excluding hydrogens is 204 g/mol. The van der Waals surface area contributed by atoms with Crippen molar-refractivity contribution in [3.05, 3.63) is 40.8 Å². The molecule has 15 heavy (non-hydrogen) atoms. The van der Waals surface area contributed by atoms with E-state index in [1.54, 1.807) is 17.8 Å². The molecule has 0 saturated carbocycles. The Kier molecular flexibility index (Phi) is 3.27. The third kappa shape index (κ3) is 2.96. The van der Waals surface area contributed by atoms with Crippen LogP contribution in [0.3, 0.4) is 0 Å². The van der Waals surface area contributed by atoms with Crippen molar-refractivity contribution in [3.63, 3.8) is 0 Å². The van der Waals surface area contributed by atoms with Gasteiger partial charge in [-0.05, 0) is 42.9 Å². The molecule has 0 atom stereocenters. The Balaban J connectivity index is 2.08. The maximum absolute atomic E-state index is 11.2. The van der Waals surface area contributed by atoms with Crippen LogP contribution in [-0.2, 0) is 4.79 Å². The highest BCUT2D eigenvalue weighted by molar-refractivity contribution is 8.03. The van der Waals surface area contributed by atoms with Gasteiger partial charge in [0.25, 0.3) is 0 Å². The molecule has 0 N–H and O–H groups in total. The molecule has 0 bridgehead atoms. The summed E-state index contributed by atoms with van der Waals surface area (Å²) in [7, 11) is 0. The third-order valence-corrected chi connectivity index (χ3v) is 3.53. The van der Waals surface area contributed by atoms with Gasteiger partial charge in [0.1, 0.15) is 0 Å². The van der Waals surface area contributed by atoms with Crippen molar-refractivity contribution in [2.24, 2.45) is 0 Å². The number of hydrogen-bond acceptors (Lipinski definition) is 2. The summed E-state index contributed by atoms with van der Waals surface area (Å²) in [4.78, 5) is 13.7. The van der Waals surface area contributed by atoms with Gasteiger partial charge in [-0.1, -0.05) is 29.5 Å². The van der Waals surface area contributed by atoms with E-state index in [0.717, 1.165) is 19.3 Å². The maximum Gasteiger partial charge on any atom is 0.156 e. The molecule has 0 spiro atoms. The lowest BCUT2D eigenvalue weighted by Gasteiger charge is -2.11. The second-order valence-corrected chi connectivity index (χ2v) is 5.05. The first-order chi connectivity index (χ1) is 7.24. The Hall–Kier alpha value is -1.02. The molecule has 0 unspecified atom stereocenters. The largest absolute Gasteiger partial charge is 0.295 e. The first kappa shape index (κ1) is 10.5. The zero-order valence-electron chi connectivity index (χ0n) is 8.82. The van der Waals surface area contributed by atoms with Crippen molar-refractivity contribution in [2.75, 3.05) is 0 Å². The molecule has 2 rings (SSSR count). The lowest BCUT2D eigenvalue weighted by atomic mass is 10.1. The average Bonchev–Trinajstić information content (AvgIpc) is 2.22. The molecule has 0 amide bonds. The Labute approximate surface area is 94.6 Å². The Morgan fingerprint density at radius 2 is 1.87 bits per heavy atom. The van der Waals surface area contributed by atoms with Crippen molar-refractivity contribution < 1.29 is 4.79 Å². The van der Waals surface area contributed by atoms with E-state index < -0.39 is 0 Å². The number of carbonyl (C=O) groups is 1. The summed E-state index contributed by atoms with van der Waals surface area (Å²) < 4.78 is 0. The van der Waals surface area contributed by atoms with Gasteiger partial charge >= 0.3 is 0 Å². The van der Waals surface area contributed by atoms with Gasteiger partial charge in [0.15, 0.2) is 5.78 Å². The van der Waals surface area contributed by atoms with E-state index in [-0.39, 0.29) is 5.78 Å². The molecule has 1 aromatic carbocycles. The Morgan fingerprint density at radius 3 is 2.53 bits per heavy atom. The van der Waals surface area contributed by atoms with Crippen molar-refractivity contribution >= 4 is 17.5 Å². The first-order valence-electron chi connectivity index (χ1n) is 5.22. The molecule has 0 fully saturated rings. The number of hydrogen-bond donors (Lipinski definition) is 0. The first-order valence-corrected chi connectivity index (χ1v) is 6.03. The monoisotopic (exact) mass is 218 g/mol. The standard InChI is InChI=1S/C13H14OS/c1-10-5-7-12(8-6-10)15-13-4-2-3-11(14)9-13/h5-9H,2-4H2,1H3. The van der Waals surface area contributed by atoms with Crippen molar-refractivity contribution in [1.82, 2.24) is 0 Å². The molecule has 0 heterocycles. The van der Waals surface area contributed by atoms with Gasteiger partial charge < -0.3 is 0 Å². The summed E-state index contributed by atoms with van der Waals surface area (Å²) >= 11 is 1.72. The smallest absolute Gasteiger partial charge is 0.156 e. The Morgan fingerprint density at radius 1 is 1.13 bits per heavy atom. The van der Waals surface area contributed by atoms with Crippen LogP contribution in [0, 0.1) is 6.92 Å². The summed E-state index contributed by atoms with van der Waals surface area (Å²) in [5.74, 6) is 0.274. The molecule has 1 aliphatic carbocycles. The lowest BCUT2D eigenvalue weighted by molar-refractivity contribution is -0.115.